The minimum atomic E-state index is 0.557. The normalized spacial score (nSPS) is 11.1. The number of benzene rings is 7. The predicted molar refractivity (Wildman–Crippen MR) is 200 cm³/mol. The van der Waals surface area contributed by atoms with Crippen molar-refractivity contribution in [3.63, 3.8) is 0 Å². The highest BCUT2D eigenvalue weighted by Crippen LogP contribution is 2.39. The van der Waals surface area contributed by atoms with Gasteiger partial charge in [-0.15, -0.1) is 0 Å². The van der Waals surface area contributed by atoms with Crippen LogP contribution >= 0.6 is 0 Å². The second kappa shape index (κ2) is 11.4. The number of fused-ring (bicyclic) bond motifs is 6. The van der Waals surface area contributed by atoms with Crippen LogP contribution in [0.5, 0.6) is 0 Å². The second-order valence-corrected chi connectivity index (χ2v) is 12.3. The van der Waals surface area contributed by atoms with Gasteiger partial charge in [-0.05, 0) is 71.3 Å². The van der Waals surface area contributed by atoms with Gasteiger partial charge in [0.15, 0.2) is 0 Å². The van der Waals surface area contributed by atoms with E-state index in [-0.39, 0.29) is 0 Å². The van der Waals surface area contributed by atoms with E-state index in [2.05, 4.69) is 100 Å². The fourth-order valence-electron chi connectivity index (χ4n) is 7.41. The van der Waals surface area contributed by atoms with Gasteiger partial charge < -0.3 is 9.13 Å². The lowest BCUT2D eigenvalue weighted by atomic mass is 9.96. The molecule has 0 aliphatic heterocycles. The number of nitrogens with zero attached hydrogens (tertiary/aromatic N) is 5. The first-order valence-electron chi connectivity index (χ1n) is 16.3. The van der Waals surface area contributed by atoms with Gasteiger partial charge >= 0.3 is 0 Å². The van der Waals surface area contributed by atoms with Crippen molar-refractivity contribution >= 4 is 43.6 Å². The van der Waals surface area contributed by atoms with E-state index in [0.717, 1.165) is 77.2 Å². The van der Waals surface area contributed by atoms with E-state index in [1.54, 1.807) is 0 Å². The number of aromatic nitrogens is 2. The number of nitriles is 3. The van der Waals surface area contributed by atoms with Crippen LogP contribution in [0.3, 0.4) is 0 Å². The molecule has 0 radical (unpaired) electrons. The molecule has 0 atom stereocenters. The van der Waals surface area contributed by atoms with E-state index in [1.807, 2.05) is 78.9 Å². The Kier molecular flexibility index (Phi) is 6.56. The Labute approximate surface area is 287 Å². The summed E-state index contributed by atoms with van der Waals surface area (Å²) < 4.78 is 4.33. The zero-order valence-electron chi connectivity index (χ0n) is 26.7. The molecule has 2 aromatic heterocycles. The Morgan fingerprint density at radius 3 is 1.58 bits per heavy atom. The molecule has 0 saturated heterocycles. The van der Waals surface area contributed by atoms with Crippen LogP contribution in [0.4, 0.5) is 0 Å². The van der Waals surface area contributed by atoms with Crippen LogP contribution in [0.25, 0.3) is 77.2 Å². The lowest BCUT2D eigenvalue weighted by Gasteiger charge is -2.16. The Bertz CT molecular complexity index is 2900. The number of rotatable bonds is 4. The van der Waals surface area contributed by atoms with E-state index in [9.17, 15) is 15.8 Å². The largest absolute Gasteiger partial charge is 0.308 e. The third-order valence-corrected chi connectivity index (χ3v) is 9.65. The van der Waals surface area contributed by atoms with Crippen molar-refractivity contribution in [3.8, 4) is 51.8 Å². The molecular formula is C45H25N5. The van der Waals surface area contributed by atoms with E-state index >= 15 is 0 Å². The standard InChI is InChI=1S/C45H25N5/c46-26-29-16-23-43-39(24-29)38-11-3-6-15-42(38)50(43)45-34(28-48)8-7-12-35(45)31-19-17-30(18-20-31)32-21-22-33(27-47)44(25-32)49-40-13-4-1-9-36(40)37-10-2-5-14-41(37)49/h1-25H. The summed E-state index contributed by atoms with van der Waals surface area (Å²) in [5, 5.41) is 34.5. The molecule has 5 heteroatoms. The quantitative estimate of drug-likeness (QED) is 0.193. The van der Waals surface area contributed by atoms with Gasteiger partial charge in [0.25, 0.3) is 0 Å². The average Bonchev–Trinajstić information content (AvgIpc) is 3.69. The highest BCUT2D eigenvalue weighted by atomic mass is 15.0. The van der Waals surface area contributed by atoms with Crippen molar-refractivity contribution in [1.29, 1.82) is 15.8 Å². The second-order valence-electron chi connectivity index (χ2n) is 12.3. The third-order valence-electron chi connectivity index (χ3n) is 9.65. The molecule has 7 aromatic carbocycles. The summed E-state index contributed by atoms with van der Waals surface area (Å²) in [6.07, 6.45) is 0. The molecule has 0 aliphatic carbocycles. The monoisotopic (exact) mass is 635 g/mol. The Balaban J connectivity index is 1.20. The van der Waals surface area contributed by atoms with Crippen LogP contribution in [0, 0.1) is 34.0 Å². The summed E-state index contributed by atoms with van der Waals surface area (Å²) in [5.41, 5.74) is 11.3. The van der Waals surface area contributed by atoms with Gasteiger partial charge in [-0.3, -0.25) is 0 Å². The van der Waals surface area contributed by atoms with E-state index in [1.165, 1.54) is 0 Å². The molecule has 9 rings (SSSR count). The van der Waals surface area contributed by atoms with Gasteiger partial charge in [0.1, 0.15) is 12.1 Å². The van der Waals surface area contributed by atoms with E-state index < -0.39 is 0 Å². The van der Waals surface area contributed by atoms with Gasteiger partial charge in [-0.25, -0.2) is 0 Å². The van der Waals surface area contributed by atoms with Crippen molar-refractivity contribution in [2.75, 3.05) is 0 Å². The minimum Gasteiger partial charge on any atom is -0.308 e. The van der Waals surface area contributed by atoms with Crippen LogP contribution in [0.1, 0.15) is 16.7 Å². The molecule has 50 heavy (non-hydrogen) atoms. The predicted octanol–water partition coefficient (Wildman–Crippen LogP) is 10.8. The summed E-state index contributed by atoms with van der Waals surface area (Å²) >= 11 is 0. The fourth-order valence-corrected chi connectivity index (χ4v) is 7.41. The van der Waals surface area contributed by atoms with Crippen molar-refractivity contribution in [2.24, 2.45) is 0 Å². The minimum absolute atomic E-state index is 0.557. The summed E-state index contributed by atoms with van der Waals surface area (Å²) in [4.78, 5) is 0. The van der Waals surface area contributed by atoms with Crippen molar-refractivity contribution in [1.82, 2.24) is 9.13 Å². The number of para-hydroxylation sites is 4. The summed E-state index contributed by atoms with van der Waals surface area (Å²) in [6, 6.07) is 57.8. The maximum atomic E-state index is 10.4. The van der Waals surface area contributed by atoms with E-state index in [0.29, 0.717) is 16.7 Å². The van der Waals surface area contributed by atoms with Gasteiger partial charge in [0.2, 0.25) is 0 Å². The topological polar surface area (TPSA) is 81.2 Å². The zero-order valence-corrected chi connectivity index (χ0v) is 26.7. The maximum Gasteiger partial charge on any atom is 0.101 e. The number of hydrogen-bond acceptors (Lipinski definition) is 3. The van der Waals surface area contributed by atoms with Gasteiger partial charge in [-0.2, -0.15) is 15.8 Å². The van der Waals surface area contributed by atoms with Crippen molar-refractivity contribution in [2.45, 2.75) is 0 Å². The smallest absolute Gasteiger partial charge is 0.101 e. The fraction of sp³-hybridized carbons (Fsp3) is 0. The summed E-state index contributed by atoms with van der Waals surface area (Å²) in [7, 11) is 0. The summed E-state index contributed by atoms with van der Waals surface area (Å²) in [6.45, 7) is 0. The van der Waals surface area contributed by atoms with Crippen LogP contribution in [-0.2, 0) is 0 Å². The van der Waals surface area contributed by atoms with Gasteiger partial charge in [0, 0.05) is 27.1 Å². The van der Waals surface area contributed by atoms with Crippen LogP contribution in [0.15, 0.2) is 152 Å². The molecule has 2 heterocycles. The maximum absolute atomic E-state index is 10.4. The highest BCUT2D eigenvalue weighted by Gasteiger charge is 2.20. The molecular weight excluding hydrogens is 611 g/mol. The first kappa shape index (κ1) is 28.8. The molecule has 0 bridgehead atoms. The van der Waals surface area contributed by atoms with Crippen LogP contribution in [-0.4, -0.2) is 9.13 Å². The lowest BCUT2D eigenvalue weighted by molar-refractivity contribution is 1.17. The first-order chi connectivity index (χ1) is 24.7. The van der Waals surface area contributed by atoms with E-state index in [4.69, 9.17) is 0 Å². The van der Waals surface area contributed by atoms with Gasteiger partial charge in [0.05, 0.1) is 56.2 Å². The molecule has 0 unspecified atom stereocenters. The Hall–Kier alpha value is -7.39. The Morgan fingerprint density at radius 1 is 0.380 bits per heavy atom. The molecule has 0 aliphatic rings. The molecule has 230 valence electrons. The zero-order chi connectivity index (χ0) is 33.8. The molecule has 0 fully saturated rings. The first-order valence-corrected chi connectivity index (χ1v) is 16.3. The van der Waals surface area contributed by atoms with Crippen LogP contribution in [0.2, 0.25) is 0 Å². The lowest BCUT2D eigenvalue weighted by Crippen LogP contribution is -2.01. The molecule has 9 aromatic rings. The molecule has 5 nitrogen and oxygen atoms in total. The molecule has 0 N–H and O–H groups in total. The average molecular weight is 636 g/mol. The molecule has 0 spiro atoms. The molecule has 0 amide bonds. The number of hydrogen-bond donors (Lipinski definition) is 0. The highest BCUT2D eigenvalue weighted by molar-refractivity contribution is 6.11. The summed E-state index contributed by atoms with van der Waals surface area (Å²) in [5.74, 6) is 0. The SMILES string of the molecule is N#Cc1ccc2c(c1)c1ccccc1n2-c1c(C#N)cccc1-c1ccc(-c2ccc(C#N)c(-n3c4ccccc4c4ccccc43)c2)cc1. The Morgan fingerprint density at radius 2 is 0.940 bits per heavy atom. The third kappa shape index (κ3) is 4.31. The van der Waals surface area contributed by atoms with Crippen molar-refractivity contribution < 1.29 is 0 Å². The molecule has 0 saturated carbocycles. The van der Waals surface area contributed by atoms with Gasteiger partial charge in [-0.1, -0.05) is 97.1 Å². The van der Waals surface area contributed by atoms with Crippen molar-refractivity contribution in [3.05, 3.63) is 168 Å². The van der Waals surface area contributed by atoms with Crippen LogP contribution < -0.4 is 0 Å².